The number of rotatable bonds is 2. The minimum atomic E-state index is -0.904. The molecule has 20 heavy (non-hydrogen) atoms. The first-order chi connectivity index (χ1) is 9.43. The lowest BCUT2D eigenvalue weighted by atomic mass is 9.84. The minimum Gasteiger partial charge on any atom is -0.481 e. The van der Waals surface area contributed by atoms with Crippen LogP contribution in [0, 0.1) is 0 Å². The zero-order valence-electron chi connectivity index (χ0n) is 11.7. The molecular formula is C16H16N2O2. The van der Waals surface area contributed by atoms with E-state index < -0.39 is 11.4 Å². The van der Waals surface area contributed by atoms with Crippen LogP contribution in [0.25, 0.3) is 21.8 Å². The van der Waals surface area contributed by atoms with Crippen molar-refractivity contribution in [1.29, 1.82) is 0 Å². The second kappa shape index (κ2) is 4.07. The molecule has 0 aliphatic heterocycles. The average Bonchev–Trinajstić information content (AvgIpc) is 2.72. The lowest BCUT2D eigenvalue weighted by Crippen LogP contribution is -2.28. The van der Waals surface area contributed by atoms with Gasteiger partial charge in [-0.25, -0.2) is 0 Å². The summed E-state index contributed by atoms with van der Waals surface area (Å²) in [6, 6.07) is 7.81. The van der Waals surface area contributed by atoms with Crippen molar-refractivity contribution in [3.05, 3.63) is 42.2 Å². The molecule has 102 valence electrons. The summed E-state index contributed by atoms with van der Waals surface area (Å²) in [5, 5.41) is 11.5. The summed E-state index contributed by atoms with van der Waals surface area (Å²) in [5.74, 6) is -0.824. The molecule has 0 unspecified atom stereocenters. The number of pyridine rings is 1. The fourth-order valence-corrected chi connectivity index (χ4v) is 2.57. The quantitative estimate of drug-likeness (QED) is 0.777. The first kappa shape index (κ1) is 12.7. The first-order valence-corrected chi connectivity index (χ1v) is 6.49. The second-order valence-corrected chi connectivity index (χ2v) is 5.61. The normalized spacial score (nSPS) is 12.2. The second-order valence-electron chi connectivity index (χ2n) is 5.61. The van der Waals surface area contributed by atoms with Crippen LogP contribution in [0.3, 0.4) is 0 Å². The van der Waals surface area contributed by atoms with Crippen LogP contribution in [0.1, 0.15) is 19.4 Å². The molecule has 0 aliphatic carbocycles. The Morgan fingerprint density at radius 1 is 1.20 bits per heavy atom. The molecule has 0 spiro atoms. The van der Waals surface area contributed by atoms with Gasteiger partial charge in [0.05, 0.1) is 10.9 Å². The largest absolute Gasteiger partial charge is 0.481 e. The third-order valence-electron chi connectivity index (χ3n) is 4.06. The van der Waals surface area contributed by atoms with E-state index in [0.717, 1.165) is 27.4 Å². The van der Waals surface area contributed by atoms with Gasteiger partial charge >= 0.3 is 5.97 Å². The van der Waals surface area contributed by atoms with Gasteiger partial charge in [-0.2, -0.15) is 0 Å². The van der Waals surface area contributed by atoms with Crippen LogP contribution in [0.5, 0.6) is 0 Å². The zero-order valence-corrected chi connectivity index (χ0v) is 11.7. The molecule has 0 saturated carbocycles. The highest BCUT2D eigenvalue weighted by Crippen LogP contribution is 2.32. The molecule has 0 amide bonds. The molecule has 1 N–H and O–H groups in total. The predicted molar refractivity (Wildman–Crippen MR) is 78.9 cm³/mol. The molecule has 3 rings (SSSR count). The van der Waals surface area contributed by atoms with Crippen LogP contribution in [0.4, 0.5) is 0 Å². The van der Waals surface area contributed by atoms with E-state index in [0.29, 0.717) is 0 Å². The SMILES string of the molecule is Cn1c2ccncc2c2cc(C(C)(C)C(=O)O)ccc21. The highest BCUT2D eigenvalue weighted by atomic mass is 16.4. The van der Waals surface area contributed by atoms with Crippen molar-refractivity contribution in [2.75, 3.05) is 0 Å². The molecule has 2 heterocycles. The monoisotopic (exact) mass is 268 g/mol. The molecule has 0 saturated heterocycles. The molecule has 0 fully saturated rings. The van der Waals surface area contributed by atoms with Crippen molar-refractivity contribution in [2.45, 2.75) is 19.3 Å². The highest BCUT2D eigenvalue weighted by Gasteiger charge is 2.29. The smallest absolute Gasteiger partial charge is 0.313 e. The van der Waals surface area contributed by atoms with Crippen LogP contribution in [-0.4, -0.2) is 20.6 Å². The van der Waals surface area contributed by atoms with Crippen LogP contribution in [0.2, 0.25) is 0 Å². The average molecular weight is 268 g/mol. The maximum absolute atomic E-state index is 11.4. The molecule has 0 radical (unpaired) electrons. The Kier molecular flexibility index (Phi) is 2.57. The number of hydrogen-bond donors (Lipinski definition) is 1. The number of aliphatic carboxylic acids is 1. The van der Waals surface area contributed by atoms with Gasteiger partial charge in [0.25, 0.3) is 0 Å². The summed E-state index contributed by atoms with van der Waals surface area (Å²) >= 11 is 0. The van der Waals surface area contributed by atoms with E-state index in [1.807, 2.05) is 37.5 Å². The number of aromatic nitrogens is 2. The van der Waals surface area contributed by atoms with Crippen LogP contribution >= 0.6 is 0 Å². The van der Waals surface area contributed by atoms with Crippen LogP contribution in [0.15, 0.2) is 36.7 Å². The number of benzene rings is 1. The standard InChI is InChI=1S/C16H16N2O2/c1-16(2,15(19)20)10-4-5-13-11(8-10)12-9-17-7-6-14(12)18(13)3/h4-9H,1-3H3,(H,19,20). The Morgan fingerprint density at radius 2 is 1.90 bits per heavy atom. The molecule has 0 atom stereocenters. The summed E-state index contributed by atoms with van der Waals surface area (Å²) in [6.07, 6.45) is 3.60. The van der Waals surface area contributed by atoms with Crippen molar-refractivity contribution in [2.24, 2.45) is 7.05 Å². The van der Waals surface area contributed by atoms with E-state index in [2.05, 4.69) is 9.55 Å². The van der Waals surface area contributed by atoms with Crippen molar-refractivity contribution < 1.29 is 9.90 Å². The van der Waals surface area contributed by atoms with Gasteiger partial charge in [0.15, 0.2) is 0 Å². The summed E-state index contributed by atoms with van der Waals surface area (Å²) in [6.45, 7) is 3.44. The number of aryl methyl sites for hydroxylation is 1. The molecule has 1 aromatic carbocycles. The van der Waals surface area contributed by atoms with Crippen molar-refractivity contribution in [1.82, 2.24) is 9.55 Å². The van der Waals surface area contributed by atoms with Gasteiger partial charge < -0.3 is 9.67 Å². The lowest BCUT2D eigenvalue weighted by Gasteiger charge is -2.19. The number of nitrogens with zero attached hydrogens (tertiary/aromatic N) is 2. The van der Waals surface area contributed by atoms with Gasteiger partial charge in [-0.1, -0.05) is 6.07 Å². The van der Waals surface area contributed by atoms with E-state index >= 15 is 0 Å². The Bertz CT molecular complexity index is 831. The number of carboxylic acid groups (broad SMARTS) is 1. The lowest BCUT2D eigenvalue weighted by molar-refractivity contribution is -0.142. The summed E-state index contributed by atoms with van der Waals surface area (Å²) in [5.41, 5.74) is 2.07. The molecular weight excluding hydrogens is 252 g/mol. The van der Waals surface area contributed by atoms with E-state index in [1.54, 1.807) is 20.0 Å². The van der Waals surface area contributed by atoms with E-state index in [-0.39, 0.29) is 0 Å². The third-order valence-corrected chi connectivity index (χ3v) is 4.06. The number of carbonyl (C=O) groups is 1. The van der Waals surface area contributed by atoms with Gasteiger partial charge in [0.2, 0.25) is 0 Å². The molecule has 4 nitrogen and oxygen atoms in total. The minimum absolute atomic E-state index is 0.800. The van der Waals surface area contributed by atoms with Gasteiger partial charge in [-0.3, -0.25) is 9.78 Å². The number of fused-ring (bicyclic) bond motifs is 3. The first-order valence-electron chi connectivity index (χ1n) is 6.49. The summed E-state index contributed by atoms with van der Waals surface area (Å²) < 4.78 is 2.10. The van der Waals surface area contributed by atoms with E-state index in [1.165, 1.54) is 0 Å². The summed E-state index contributed by atoms with van der Waals surface area (Å²) in [4.78, 5) is 15.6. The van der Waals surface area contributed by atoms with E-state index in [9.17, 15) is 9.90 Å². The fraction of sp³-hybridized carbons (Fsp3) is 0.250. The Labute approximate surface area is 116 Å². The Morgan fingerprint density at radius 3 is 2.60 bits per heavy atom. The molecule has 4 heteroatoms. The Hall–Kier alpha value is -2.36. The molecule has 2 aromatic heterocycles. The van der Waals surface area contributed by atoms with E-state index in [4.69, 9.17) is 0 Å². The van der Waals surface area contributed by atoms with Crippen molar-refractivity contribution >= 4 is 27.8 Å². The van der Waals surface area contributed by atoms with Gasteiger partial charge in [-0.15, -0.1) is 0 Å². The van der Waals surface area contributed by atoms with Crippen LogP contribution < -0.4 is 0 Å². The topological polar surface area (TPSA) is 55.1 Å². The maximum atomic E-state index is 11.4. The zero-order chi connectivity index (χ0) is 14.5. The van der Waals surface area contributed by atoms with Crippen LogP contribution in [-0.2, 0) is 17.3 Å². The molecule has 0 aliphatic rings. The van der Waals surface area contributed by atoms with Gasteiger partial charge in [-0.05, 0) is 37.6 Å². The predicted octanol–water partition coefficient (Wildman–Crippen LogP) is 3.09. The Balaban J connectivity index is 2.37. The molecule has 0 bridgehead atoms. The van der Waals surface area contributed by atoms with Gasteiger partial charge in [0, 0.05) is 35.7 Å². The van der Waals surface area contributed by atoms with Crippen molar-refractivity contribution in [3.63, 3.8) is 0 Å². The summed E-state index contributed by atoms with van der Waals surface area (Å²) in [7, 11) is 2.01. The fourth-order valence-electron chi connectivity index (χ4n) is 2.57. The number of carboxylic acids is 1. The molecule has 3 aromatic rings. The number of hydrogen-bond acceptors (Lipinski definition) is 2. The highest BCUT2D eigenvalue weighted by molar-refractivity contribution is 6.08. The maximum Gasteiger partial charge on any atom is 0.313 e. The van der Waals surface area contributed by atoms with Crippen molar-refractivity contribution in [3.8, 4) is 0 Å². The van der Waals surface area contributed by atoms with Gasteiger partial charge in [0.1, 0.15) is 0 Å². The third kappa shape index (κ3) is 1.61.